The van der Waals surface area contributed by atoms with E-state index in [0.717, 1.165) is 11.1 Å². The maximum Gasteiger partial charge on any atom is 0.300 e. The molecule has 0 aliphatic carbocycles. The van der Waals surface area contributed by atoms with Crippen molar-refractivity contribution in [3.8, 4) is 0 Å². The number of ether oxygens (including phenoxy) is 1. The van der Waals surface area contributed by atoms with E-state index in [2.05, 4.69) is 0 Å². The number of benzene rings is 2. The standard InChI is InChI=1S/C18H21O4P/c1-14-8-7-9-15(2)17(14)18(19)23(20,22-13-12-21-3)16-10-5-4-6-11-16/h4-11H,12-13H2,1-3H3. The van der Waals surface area contributed by atoms with Gasteiger partial charge in [-0.05, 0) is 37.1 Å². The molecule has 0 aliphatic rings. The smallest absolute Gasteiger partial charge is 0.300 e. The van der Waals surface area contributed by atoms with E-state index in [4.69, 9.17) is 9.26 Å². The lowest BCUT2D eigenvalue weighted by atomic mass is 10.0. The molecule has 2 aromatic carbocycles. The Bertz CT molecular complexity index is 705. The van der Waals surface area contributed by atoms with E-state index < -0.39 is 12.9 Å². The van der Waals surface area contributed by atoms with Crippen LogP contribution in [0.4, 0.5) is 0 Å². The highest BCUT2D eigenvalue weighted by molar-refractivity contribution is 7.83. The normalized spacial score (nSPS) is 13.5. The third-order valence-corrected chi connectivity index (χ3v) is 5.90. The summed E-state index contributed by atoms with van der Waals surface area (Å²) < 4.78 is 24.0. The Balaban J connectivity index is 2.49. The number of hydrogen-bond donors (Lipinski definition) is 0. The van der Waals surface area contributed by atoms with Crippen LogP contribution in [0, 0.1) is 13.8 Å². The average Bonchev–Trinajstić information content (AvgIpc) is 2.55. The third-order valence-electron chi connectivity index (χ3n) is 3.62. The summed E-state index contributed by atoms with van der Waals surface area (Å²) in [5.74, 6) is 0. The van der Waals surface area contributed by atoms with Gasteiger partial charge in [-0.1, -0.05) is 36.4 Å². The highest BCUT2D eigenvalue weighted by Crippen LogP contribution is 2.49. The first-order valence-electron chi connectivity index (χ1n) is 7.41. The fourth-order valence-electron chi connectivity index (χ4n) is 2.42. The van der Waals surface area contributed by atoms with Crippen LogP contribution in [0.25, 0.3) is 0 Å². The zero-order valence-corrected chi connectivity index (χ0v) is 14.5. The predicted octanol–water partition coefficient (Wildman–Crippen LogP) is 3.71. The monoisotopic (exact) mass is 332 g/mol. The second-order valence-corrected chi connectivity index (χ2v) is 7.57. The van der Waals surface area contributed by atoms with Gasteiger partial charge in [0.05, 0.1) is 13.2 Å². The second-order valence-electron chi connectivity index (χ2n) is 5.29. The van der Waals surface area contributed by atoms with Gasteiger partial charge in [-0.3, -0.25) is 9.36 Å². The molecule has 2 aromatic rings. The molecule has 4 nitrogen and oxygen atoms in total. The van der Waals surface area contributed by atoms with Crippen molar-refractivity contribution >= 4 is 18.2 Å². The number of carbonyl (C=O) groups excluding carboxylic acids is 1. The minimum absolute atomic E-state index is 0.0966. The van der Waals surface area contributed by atoms with Crippen LogP contribution >= 0.6 is 7.37 Å². The SMILES string of the molecule is COCCOP(=O)(C(=O)c1c(C)cccc1C)c1ccccc1. The van der Waals surface area contributed by atoms with Crippen molar-refractivity contribution in [3.05, 3.63) is 65.2 Å². The van der Waals surface area contributed by atoms with Crippen LogP contribution in [0.1, 0.15) is 21.5 Å². The number of carbonyl (C=O) groups is 1. The second kappa shape index (κ2) is 7.69. The van der Waals surface area contributed by atoms with E-state index in [9.17, 15) is 9.36 Å². The molecular formula is C18H21O4P. The first kappa shape index (κ1) is 17.6. The highest BCUT2D eigenvalue weighted by atomic mass is 31.2. The topological polar surface area (TPSA) is 52.6 Å². The van der Waals surface area contributed by atoms with Gasteiger partial charge < -0.3 is 9.26 Å². The maximum atomic E-state index is 13.5. The summed E-state index contributed by atoms with van der Waals surface area (Å²) in [5, 5.41) is 0.406. The van der Waals surface area contributed by atoms with E-state index in [0.29, 0.717) is 10.9 Å². The van der Waals surface area contributed by atoms with Crippen LogP contribution in [-0.2, 0) is 13.8 Å². The van der Waals surface area contributed by atoms with Gasteiger partial charge in [-0.25, -0.2) is 0 Å². The number of aryl methyl sites for hydroxylation is 2. The van der Waals surface area contributed by atoms with E-state index in [1.165, 1.54) is 7.11 Å². The molecule has 0 fully saturated rings. The summed E-state index contributed by atoms with van der Waals surface area (Å²) >= 11 is 0. The van der Waals surface area contributed by atoms with Gasteiger partial charge in [0, 0.05) is 18.0 Å². The van der Waals surface area contributed by atoms with Crippen molar-refractivity contribution in [2.45, 2.75) is 13.8 Å². The molecule has 0 N–H and O–H groups in total. The molecule has 0 aromatic heterocycles. The molecule has 5 heteroatoms. The molecule has 1 unspecified atom stereocenters. The molecule has 0 heterocycles. The molecule has 23 heavy (non-hydrogen) atoms. The molecular weight excluding hydrogens is 311 g/mol. The molecule has 1 atom stereocenters. The summed E-state index contributed by atoms with van der Waals surface area (Å²) in [6.45, 7) is 4.05. The van der Waals surface area contributed by atoms with Crippen LogP contribution < -0.4 is 5.30 Å². The lowest BCUT2D eigenvalue weighted by Crippen LogP contribution is -2.18. The third kappa shape index (κ3) is 3.78. The van der Waals surface area contributed by atoms with Gasteiger partial charge in [0.2, 0.25) is 0 Å². The Labute approximate surface area is 136 Å². The van der Waals surface area contributed by atoms with Crippen LogP contribution in [0.15, 0.2) is 48.5 Å². The van der Waals surface area contributed by atoms with E-state index in [-0.39, 0.29) is 13.2 Å². The van der Waals surface area contributed by atoms with Gasteiger partial charge >= 0.3 is 7.37 Å². The van der Waals surface area contributed by atoms with Crippen LogP contribution in [0.3, 0.4) is 0 Å². The van der Waals surface area contributed by atoms with Crippen molar-refractivity contribution in [2.24, 2.45) is 0 Å². The summed E-state index contributed by atoms with van der Waals surface area (Å²) in [6.07, 6.45) is 0. The predicted molar refractivity (Wildman–Crippen MR) is 91.8 cm³/mol. The number of hydrogen-bond acceptors (Lipinski definition) is 4. The number of methoxy groups -OCH3 is 1. The maximum absolute atomic E-state index is 13.5. The van der Waals surface area contributed by atoms with Crippen molar-refractivity contribution in [2.75, 3.05) is 20.3 Å². The van der Waals surface area contributed by atoms with Gasteiger partial charge in [-0.15, -0.1) is 0 Å². The Morgan fingerprint density at radius 1 is 0.957 bits per heavy atom. The summed E-state index contributed by atoms with van der Waals surface area (Å²) in [6, 6.07) is 14.2. The fraction of sp³-hybridized carbons (Fsp3) is 0.278. The molecule has 0 saturated carbocycles. The Hall–Kier alpha value is -1.74. The summed E-state index contributed by atoms with van der Waals surface area (Å²) in [7, 11) is -2.16. The molecule has 0 amide bonds. The zero-order valence-electron chi connectivity index (χ0n) is 13.6. The van der Waals surface area contributed by atoms with Gasteiger partial charge in [-0.2, -0.15) is 0 Å². The molecule has 2 rings (SSSR count). The molecule has 0 saturated heterocycles. The van der Waals surface area contributed by atoms with Crippen molar-refractivity contribution < 1.29 is 18.6 Å². The Kier molecular flexibility index (Phi) is 5.89. The minimum atomic E-state index is -3.69. The van der Waals surface area contributed by atoms with Crippen molar-refractivity contribution in [3.63, 3.8) is 0 Å². The first-order valence-corrected chi connectivity index (χ1v) is 9.03. The Morgan fingerprint density at radius 3 is 2.13 bits per heavy atom. The average molecular weight is 332 g/mol. The molecule has 0 spiro atoms. The molecule has 0 bridgehead atoms. The fourth-order valence-corrected chi connectivity index (χ4v) is 4.47. The first-order chi connectivity index (χ1) is 11.0. The molecule has 0 aliphatic heterocycles. The largest absolute Gasteiger partial charge is 0.382 e. The van der Waals surface area contributed by atoms with Crippen molar-refractivity contribution in [1.82, 2.24) is 0 Å². The minimum Gasteiger partial charge on any atom is -0.382 e. The highest BCUT2D eigenvalue weighted by Gasteiger charge is 2.37. The van der Waals surface area contributed by atoms with Crippen LogP contribution in [-0.4, -0.2) is 25.8 Å². The van der Waals surface area contributed by atoms with E-state index >= 15 is 0 Å². The lowest BCUT2D eigenvalue weighted by Gasteiger charge is -2.19. The number of rotatable bonds is 7. The van der Waals surface area contributed by atoms with Crippen LogP contribution in [0.2, 0.25) is 0 Å². The van der Waals surface area contributed by atoms with Gasteiger partial charge in [0.25, 0.3) is 5.52 Å². The van der Waals surface area contributed by atoms with E-state index in [1.807, 2.05) is 38.1 Å². The van der Waals surface area contributed by atoms with Gasteiger partial charge in [0.1, 0.15) is 0 Å². The van der Waals surface area contributed by atoms with E-state index in [1.54, 1.807) is 24.3 Å². The van der Waals surface area contributed by atoms with Gasteiger partial charge in [0.15, 0.2) is 0 Å². The quantitative estimate of drug-likeness (QED) is 0.573. The van der Waals surface area contributed by atoms with Crippen molar-refractivity contribution in [1.29, 1.82) is 0 Å². The zero-order chi connectivity index (χ0) is 16.9. The molecule has 0 radical (unpaired) electrons. The summed E-state index contributed by atoms with van der Waals surface area (Å²) in [5.41, 5.74) is 1.59. The van der Waals surface area contributed by atoms with Crippen LogP contribution in [0.5, 0.6) is 0 Å². The Morgan fingerprint density at radius 2 is 1.57 bits per heavy atom. The molecule has 122 valence electrons. The lowest BCUT2D eigenvalue weighted by molar-refractivity contribution is 0.103. The summed E-state index contributed by atoms with van der Waals surface area (Å²) in [4.78, 5) is 13.1.